The Morgan fingerprint density at radius 3 is 2.44 bits per heavy atom. The van der Waals surface area contributed by atoms with Crippen molar-refractivity contribution in [2.24, 2.45) is 11.3 Å². The molecule has 0 bridgehead atoms. The molecule has 0 aliphatic carbocycles. The zero-order valence-corrected chi connectivity index (χ0v) is 10.9. The number of hydrogen-bond acceptors (Lipinski definition) is 3. The minimum atomic E-state index is 0.179. The number of aromatic nitrogens is 2. The minimum absolute atomic E-state index is 0.179. The van der Waals surface area contributed by atoms with Crippen LogP contribution in [0.1, 0.15) is 39.8 Å². The summed E-state index contributed by atoms with van der Waals surface area (Å²) in [4.78, 5) is 8.33. The van der Waals surface area contributed by atoms with Crippen LogP contribution in [0, 0.1) is 18.3 Å². The molecular weight excluding hydrogens is 200 g/mol. The highest BCUT2D eigenvalue weighted by atomic mass is 16.5. The highest BCUT2D eigenvalue weighted by molar-refractivity contribution is 5.14. The van der Waals surface area contributed by atoms with Gasteiger partial charge in [-0.2, -0.15) is 0 Å². The van der Waals surface area contributed by atoms with Crippen LogP contribution in [0.5, 0.6) is 5.88 Å². The Balaban J connectivity index is 2.54. The SMILES string of the molecule is Cc1nccnc1OCC(C)(C)CC(C)C. The first-order chi connectivity index (χ1) is 7.41. The summed E-state index contributed by atoms with van der Waals surface area (Å²) in [6, 6.07) is 0. The molecule has 0 atom stereocenters. The maximum absolute atomic E-state index is 5.73. The molecule has 1 aromatic heterocycles. The molecule has 0 fully saturated rings. The van der Waals surface area contributed by atoms with Crippen LogP contribution in [-0.2, 0) is 0 Å². The van der Waals surface area contributed by atoms with Gasteiger partial charge in [0.15, 0.2) is 0 Å². The molecule has 0 saturated heterocycles. The molecule has 1 heterocycles. The van der Waals surface area contributed by atoms with Crippen molar-refractivity contribution in [3.05, 3.63) is 18.1 Å². The van der Waals surface area contributed by atoms with E-state index in [-0.39, 0.29) is 5.41 Å². The van der Waals surface area contributed by atoms with Crippen molar-refractivity contribution in [2.45, 2.75) is 41.0 Å². The molecule has 0 aliphatic heterocycles. The Morgan fingerprint density at radius 1 is 1.25 bits per heavy atom. The quantitative estimate of drug-likeness (QED) is 0.767. The molecule has 0 N–H and O–H groups in total. The first kappa shape index (κ1) is 12.9. The number of nitrogens with zero attached hydrogens (tertiary/aromatic N) is 2. The third-order valence-corrected chi connectivity index (χ3v) is 2.40. The Morgan fingerprint density at radius 2 is 1.88 bits per heavy atom. The van der Waals surface area contributed by atoms with Crippen molar-refractivity contribution >= 4 is 0 Å². The molecule has 0 aliphatic rings. The van der Waals surface area contributed by atoms with Crippen molar-refractivity contribution < 1.29 is 4.74 Å². The van der Waals surface area contributed by atoms with Crippen LogP contribution in [0.4, 0.5) is 0 Å². The molecule has 3 heteroatoms. The summed E-state index contributed by atoms with van der Waals surface area (Å²) in [7, 11) is 0. The highest BCUT2D eigenvalue weighted by Gasteiger charge is 2.21. The Kier molecular flexibility index (Phi) is 4.27. The average Bonchev–Trinajstić information content (AvgIpc) is 2.14. The topological polar surface area (TPSA) is 35.0 Å². The second-order valence-electron chi connectivity index (χ2n) is 5.50. The van der Waals surface area contributed by atoms with E-state index in [1.807, 2.05) is 6.92 Å². The van der Waals surface area contributed by atoms with Gasteiger partial charge in [0.25, 0.3) is 0 Å². The smallest absolute Gasteiger partial charge is 0.235 e. The van der Waals surface area contributed by atoms with Crippen LogP contribution in [0.3, 0.4) is 0 Å². The summed E-state index contributed by atoms with van der Waals surface area (Å²) in [6.07, 6.45) is 4.49. The summed E-state index contributed by atoms with van der Waals surface area (Å²) in [5.74, 6) is 1.33. The number of rotatable bonds is 5. The maximum Gasteiger partial charge on any atom is 0.235 e. The van der Waals surface area contributed by atoms with Gasteiger partial charge in [-0.25, -0.2) is 4.98 Å². The predicted octanol–water partition coefficient (Wildman–Crippen LogP) is 3.24. The summed E-state index contributed by atoms with van der Waals surface area (Å²) in [6.45, 7) is 11.5. The van der Waals surface area contributed by atoms with Gasteiger partial charge in [0.1, 0.15) is 0 Å². The van der Waals surface area contributed by atoms with E-state index in [9.17, 15) is 0 Å². The monoisotopic (exact) mass is 222 g/mol. The largest absolute Gasteiger partial charge is 0.476 e. The van der Waals surface area contributed by atoms with Crippen LogP contribution in [0.15, 0.2) is 12.4 Å². The maximum atomic E-state index is 5.73. The average molecular weight is 222 g/mol. The third-order valence-electron chi connectivity index (χ3n) is 2.40. The first-order valence-electron chi connectivity index (χ1n) is 5.81. The normalized spacial score (nSPS) is 11.9. The van der Waals surface area contributed by atoms with Crippen molar-refractivity contribution in [2.75, 3.05) is 6.61 Å². The van der Waals surface area contributed by atoms with E-state index in [0.717, 1.165) is 12.1 Å². The van der Waals surface area contributed by atoms with E-state index in [0.29, 0.717) is 18.4 Å². The molecule has 90 valence electrons. The lowest BCUT2D eigenvalue weighted by atomic mass is 9.85. The molecule has 0 saturated carbocycles. The lowest BCUT2D eigenvalue weighted by molar-refractivity contribution is 0.148. The third kappa shape index (κ3) is 4.17. The van der Waals surface area contributed by atoms with E-state index >= 15 is 0 Å². The fourth-order valence-corrected chi connectivity index (χ4v) is 1.96. The summed E-state index contributed by atoms with van der Waals surface area (Å²) >= 11 is 0. The van der Waals surface area contributed by atoms with Gasteiger partial charge in [0, 0.05) is 12.4 Å². The van der Waals surface area contributed by atoms with Crippen molar-refractivity contribution in [1.82, 2.24) is 9.97 Å². The van der Waals surface area contributed by atoms with Gasteiger partial charge in [-0.3, -0.25) is 4.98 Å². The van der Waals surface area contributed by atoms with E-state index in [1.165, 1.54) is 0 Å². The molecule has 16 heavy (non-hydrogen) atoms. The van der Waals surface area contributed by atoms with E-state index in [4.69, 9.17) is 4.74 Å². The summed E-state index contributed by atoms with van der Waals surface area (Å²) < 4.78 is 5.73. The summed E-state index contributed by atoms with van der Waals surface area (Å²) in [5, 5.41) is 0. The van der Waals surface area contributed by atoms with Crippen LogP contribution < -0.4 is 4.74 Å². The second-order valence-corrected chi connectivity index (χ2v) is 5.50. The van der Waals surface area contributed by atoms with Crippen LogP contribution >= 0.6 is 0 Å². The molecule has 0 aromatic carbocycles. The Bertz CT molecular complexity index is 334. The number of ether oxygens (including phenoxy) is 1. The molecule has 0 amide bonds. The van der Waals surface area contributed by atoms with Crippen LogP contribution in [0.25, 0.3) is 0 Å². The Labute approximate surface area is 98.3 Å². The minimum Gasteiger partial charge on any atom is -0.476 e. The van der Waals surface area contributed by atoms with Crippen LogP contribution in [-0.4, -0.2) is 16.6 Å². The van der Waals surface area contributed by atoms with Gasteiger partial charge >= 0.3 is 0 Å². The van der Waals surface area contributed by atoms with Gasteiger partial charge in [-0.05, 0) is 24.7 Å². The number of aryl methyl sites for hydroxylation is 1. The van der Waals surface area contributed by atoms with Gasteiger partial charge in [-0.15, -0.1) is 0 Å². The van der Waals surface area contributed by atoms with Crippen molar-refractivity contribution in [3.8, 4) is 5.88 Å². The first-order valence-corrected chi connectivity index (χ1v) is 5.81. The van der Waals surface area contributed by atoms with Crippen molar-refractivity contribution in [3.63, 3.8) is 0 Å². The standard InChI is InChI=1S/C13H22N2O/c1-10(2)8-13(4,5)9-16-12-11(3)14-6-7-15-12/h6-7,10H,8-9H2,1-5H3. The lowest BCUT2D eigenvalue weighted by Gasteiger charge is -2.26. The molecular formula is C13H22N2O. The fraction of sp³-hybridized carbons (Fsp3) is 0.692. The molecule has 0 spiro atoms. The highest BCUT2D eigenvalue weighted by Crippen LogP contribution is 2.26. The predicted molar refractivity (Wildman–Crippen MR) is 65.5 cm³/mol. The molecule has 1 aromatic rings. The molecule has 3 nitrogen and oxygen atoms in total. The second kappa shape index (κ2) is 5.28. The van der Waals surface area contributed by atoms with Gasteiger partial charge in [0.2, 0.25) is 5.88 Å². The fourth-order valence-electron chi connectivity index (χ4n) is 1.96. The molecule has 0 unspecified atom stereocenters. The molecule has 0 radical (unpaired) electrons. The Hall–Kier alpha value is -1.12. The zero-order chi connectivity index (χ0) is 12.2. The lowest BCUT2D eigenvalue weighted by Crippen LogP contribution is -2.24. The van der Waals surface area contributed by atoms with Gasteiger partial charge in [-0.1, -0.05) is 27.7 Å². The summed E-state index contributed by atoms with van der Waals surface area (Å²) in [5.41, 5.74) is 1.03. The number of hydrogen-bond donors (Lipinski definition) is 0. The van der Waals surface area contributed by atoms with E-state index in [1.54, 1.807) is 12.4 Å². The molecule has 1 rings (SSSR count). The van der Waals surface area contributed by atoms with Crippen LogP contribution in [0.2, 0.25) is 0 Å². The van der Waals surface area contributed by atoms with E-state index in [2.05, 4.69) is 37.7 Å². The van der Waals surface area contributed by atoms with Gasteiger partial charge < -0.3 is 4.74 Å². The zero-order valence-electron chi connectivity index (χ0n) is 10.9. The van der Waals surface area contributed by atoms with Gasteiger partial charge in [0.05, 0.1) is 12.3 Å². The van der Waals surface area contributed by atoms with E-state index < -0.39 is 0 Å². The van der Waals surface area contributed by atoms with Crippen molar-refractivity contribution in [1.29, 1.82) is 0 Å².